The van der Waals surface area contributed by atoms with Crippen LogP contribution in [0.1, 0.15) is 33.8 Å². The summed E-state index contributed by atoms with van der Waals surface area (Å²) in [4.78, 5) is 40.5. The molecule has 0 spiro atoms. The number of thiazole rings is 1. The fourth-order valence-corrected chi connectivity index (χ4v) is 5.63. The Kier molecular flexibility index (Phi) is 7.18. The van der Waals surface area contributed by atoms with Crippen LogP contribution in [0.15, 0.2) is 85.2 Å². The molecule has 0 N–H and O–H groups in total. The Hall–Kier alpha value is -3.84. The molecule has 1 saturated heterocycles. The summed E-state index contributed by atoms with van der Waals surface area (Å²) in [5.41, 5.74) is 3.55. The van der Waals surface area contributed by atoms with Crippen LogP contribution >= 0.6 is 11.3 Å². The Morgan fingerprint density at radius 3 is 2.50 bits per heavy atom. The van der Waals surface area contributed by atoms with Crippen molar-refractivity contribution in [3.8, 4) is 10.6 Å². The SMILES string of the molecule is Cc1nc(-c2cccnc2)sc1C(=O)N1CCCC(C(=O)N(Cc2ccccc2)c2ccccc2)C1. The number of aryl methyl sites for hydroxylation is 1. The monoisotopic (exact) mass is 496 g/mol. The van der Waals surface area contributed by atoms with Crippen LogP contribution in [0.3, 0.4) is 0 Å². The van der Waals surface area contributed by atoms with Gasteiger partial charge in [-0.1, -0.05) is 48.5 Å². The maximum Gasteiger partial charge on any atom is 0.265 e. The van der Waals surface area contributed by atoms with Crippen molar-refractivity contribution in [2.24, 2.45) is 5.92 Å². The smallest absolute Gasteiger partial charge is 0.265 e. The van der Waals surface area contributed by atoms with Gasteiger partial charge < -0.3 is 9.80 Å². The molecule has 2 aromatic heterocycles. The Balaban J connectivity index is 1.35. The fourth-order valence-electron chi connectivity index (χ4n) is 4.61. The Labute approximate surface area is 215 Å². The minimum absolute atomic E-state index is 0.0491. The number of rotatable bonds is 6. The second-order valence-electron chi connectivity index (χ2n) is 9.01. The van der Waals surface area contributed by atoms with Crippen LogP contribution in [0, 0.1) is 12.8 Å². The third-order valence-corrected chi connectivity index (χ3v) is 7.67. The van der Waals surface area contributed by atoms with E-state index >= 15 is 0 Å². The number of benzene rings is 2. The van der Waals surface area contributed by atoms with Crippen molar-refractivity contribution < 1.29 is 9.59 Å². The van der Waals surface area contributed by atoms with E-state index in [0.717, 1.165) is 34.7 Å². The lowest BCUT2D eigenvalue weighted by Crippen LogP contribution is -2.46. The van der Waals surface area contributed by atoms with Crippen LogP contribution in [0.5, 0.6) is 0 Å². The van der Waals surface area contributed by atoms with E-state index in [1.807, 2.05) is 89.5 Å². The van der Waals surface area contributed by atoms with Crippen molar-refractivity contribution in [2.75, 3.05) is 18.0 Å². The third kappa shape index (κ3) is 5.21. The number of pyridine rings is 1. The predicted molar refractivity (Wildman–Crippen MR) is 143 cm³/mol. The summed E-state index contributed by atoms with van der Waals surface area (Å²) in [6.45, 7) is 3.42. The summed E-state index contributed by atoms with van der Waals surface area (Å²) in [7, 11) is 0. The number of carbonyl (C=O) groups is 2. The largest absolute Gasteiger partial charge is 0.337 e. The first kappa shape index (κ1) is 23.9. The molecule has 1 atom stereocenters. The topological polar surface area (TPSA) is 66.4 Å². The first-order valence-corrected chi connectivity index (χ1v) is 13.0. The van der Waals surface area contributed by atoms with Crippen LogP contribution in [0.2, 0.25) is 0 Å². The van der Waals surface area contributed by atoms with E-state index in [-0.39, 0.29) is 17.7 Å². The van der Waals surface area contributed by atoms with Gasteiger partial charge in [0.15, 0.2) is 0 Å². The zero-order chi connectivity index (χ0) is 24.9. The maximum atomic E-state index is 13.8. The van der Waals surface area contributed by atoms with Crippen molar-refractivity contribution in [2.45, 2.75) is 26.3 Å². The third-order valence-electron chi connectivity index (χ3n) is 6.47. The van der Waals surface area contributed by atoms with Gasteiger partial charge in [0.05, 0.1) is 18.2 Å². The average Bonchev–Trinajstić information content (AvgIpc) is 3.34. The van der Waals surface area contributed by atoms with Gasteiger partial charge in [0.2, 0.25) is 5.91 Å². The molecule has 2 amide bonds. The predicted octanol–water partition coefficient (Wildman–Crippen LogP) is 5.60. The van der Waals surface area contributed by atoms with E-state index in [2.05, 4.69) is 9.97 Å². The van der Waals surface area contributed by atoms with Crippen molar-refractivity contribution in [1.29, 1.82) is 0 Å². The van der Waals surface area contributed by atoms with Crippen molar-refractivity contribution in [3.05, 3.63) is 101 Å². The molecule has 1 aliphatic rings. The highest BCUT2D eigenvalue weighted by Gasteiger charge is 2.33. The number of para-hydroxylation sites is 1. The highest BCUT2D eigenvalue weighted by atomic mass is 32.1. The van der Waals surface area contributed by atoms with Gasteiger partial charge in [-0.2, -0.15) is 0 Å². The number of hydrogen-bond acceptors (Lipinski definition) is 5. The number of hydrogen-bond donors (Lipinski definition) is 0. The second kappa shape index (κ2) is 10.8. The van der Waals surface area contributed by atoms with E-state index in [1.165, 1.54) is 11.3 Å². The van der Waals surface area contributed by atoms with Crippen molar-refractivity contribution in [1.82, 2.24) is 14.9 Å². The minimum atomic E-state index is -0.252. The zero-order valence-electron chi connectivity index (χ0n) is 20.2. The van der Waals surface area contributed by atoms with Crippen LogP contribution in [0.25, 0.3) is 10.6 Å². The molecule has 0 saturated carbocycles. The normalized spacial score (nSPS) is 15.5. The standard InChI is InChI=1S/C29H28N4O2S/c1-21-26(36-27(31-21)23-12-8-16-30-18-23)29(35)32-17-9-13-24(20-32)28(34)33(25-14-6-3-7-15-25)19-22-10-4-2-5-11-22/h2-8,10-12,14-16,18,24H,9,13,17,19-20H2,1H3. The van der Waals surface area contributed by atoms with Crippen LogP contribution in [-0.2, 0) is 11.3 Å². The van der Waals surface area contributed by atoms with Crippen LogP contribution < -0.4 is 4.90 Å². The second-order valence-corrected chi connectivity index (χ2v) is 10.0. The highest BCUT2D eigenvalue weighted by molar-refractivity contribution is 7.17. The van der Waals surface area contributed by atoms with Crippen molar-refractivity contribution in [3.63, 3.8) is 0 Å². The van der Waals surface area contributed by atoms with Gasteiger partial charge in [0.25, 0.3) is 5.91 Å². The molecule has 1 fully saturated rings. The fraction of sp³-hybridized carbons (Fsp3) is 0.241. The van der Waals surface area contributed by atoms with Gasteiger partial charge in [0.1, 0.15) is 9.88 Å². The maximum absolute atomic E-state index is 13.8. The summed E-state index contributed by atoms with van der Waals surface area (Å²) in [5, 5.41) is 0.784. The van der Waals surface area contributed by atoms with E-state index in [4.69, 9.17) is 0 Å². The van der Waals surface area contributed by atoms with Gasteiger partial charge in [-0.05, 0) is 49.6 Å². The zero-order valence-corrected chi connectivity index (χ0v) is 21.0. The number of aromatic nitrogens is 2. The van der Waals surface area contributed by atoms with Gasteiger partial charge in [-0.3, -0.25) is 14.6 Å². The molecule has 36 heavy (non-hydrogen) atoms. The number of carbonyl (C=O) groups excluding carboxylic acids is 2. The minimum Gasteiger partial charge on any atom is -0.337 e. The summed E-state index contributed by atoms with van der Waals surface area (Å²) in [6.07, 6.45) is 5.04. The lowest BCUT2D eigenvalue weighted by atomic mass is 9.95. The molecular weight excluding hydrogens is 468 g/mol. The molecule has 2 aromatic carbocycles. The molecule has 1 unspecified atom stereocenters. The molecule has 182 valence electrons. The Morgan fingerprint density at radius 1 is 1.03 bits per heavy atom. The molecule has 0 bridgehead atoms. The molecule has 0 radical (unpaired) electrons. The highest BCUT2D eigenvalue weighted by Crippen LogP contribution is 2.30. The molecule has 6 nitrogen and oxygen atoms in total. The number of anilines is 1. The first-order valence-electron chi connectivity index (χ1n) is 12.2. The van der Waals surface area contributed by atoms with Gasteiger partial charge in [0, 0.05) is 36.7 Å². The summed E-state index contributed by atoms with van der Waals surface area (Å²) in [5.74, 6) is -0.246. The number of amides is 2. The molecular formula is C29H28N4O2S. The summed E-state index contributed by atoms with van der Waals surface area (Å²) in [6, 6.07) is 23.6. The molecule has 7 heteroatoms. The van der Waals surface area contributed by atoms with Gasteiger partial charge in [-0.25, -0.2) is 4.98 Å². The van der Waals surface area contributed by atoms with Gasteiger partial charge >= 0.3 is 0 Å². The van der Waals surface area contributed by atoms with Crippen LogP contribution in [0.4, 0.5) is 5.69 Å². The summed E-state index contributed by atoms with van der Waals surface area (Å²) >= 11 is 1.39. The molecule has 5 rings (SSSR count). The lowest BCUT2D eigenvalue weighted by Gasteiger charge is -2.35. The number of nitrogens with zero attached hydrogens (tertiary/aromatic N) is 4. The average molecular weight is 497 g/mol. The number of likely N-dealkylation sites (tertiary alicyclic amines) is 1. The molecule has 3 heterocycles. The van der Waals surface area contributed by atoms with E-state index < -0.39 is 0 Å². The summed E-state index contributed by atoms with van der Waals surface area (Å²) < 4.78 is 0. The first-order chi connectivity index (χ1) is 17.6. The Morgan fingerprint density at radius 2 is 1.78 bits per heavy atom. The van der Waals surface area contributed by atoms with E-state index in [9.17, 15) is 9.59 Å². The molecule has 0 aliphatic carbocycles. The van der Waals surface area contributed by atoms with Crippen LogP contribution in [-0.4, -0.2) is 39.8 Å². The van der Waals surface area contributed by atoms with Crippen molar-refractivity contribution >= 4 is 28.8 Å². The lowest BCUT2D eigenvalue weighted by molar-refractivity contribution is -0.123. The quantitative estimate of drug-likeness (QED) is 0.349. The number of piperidine rings is 1. The Bertz CT molecular complexity index is 1330. The van der Waals surface area contributed by atoms with Gasteiger partial charge in [-0.15, -0.1) is 11.3 Å². The molecule has 1 aliphatic heterocycles. The van der Waals surface area contributed by atoms with E-state index in [0.29, 0.717) is 30.2 Å². The van der Waals surface area contributed by atoms with E-state index in [1.54, 1.807) is 12.4 Å². The molecule has 4 aromatic rings.